The lowest BCUT2D eigenvalue weighted by atomic mass is 10.3. The topological polar surface area (TPSA) is 87.8 Å². The summed E-state index contributed by atoms with van der Waals surface area (Å²) in [5, 5.41) is 0. The Morgan fingerprint density at radius 3 is 2.20 bits per heavy atom. The van der Waals surface area contributed by atoms with Crippen LogP contribution >= 0.6 is 0 Å². The molecule has 20 heavy (non-hydrogen) atoms. The first-order chi connectivity index (χ1) is 9.47. The molecule has 0 fully saturated rings. The van der Waals surface area contributed by atoms with Crippen LogP contribution in [0.3, 0.4) is 0 Å². The first-order valence-electron chi connectivity index (χ1n) is 6.92. The van der Waals surface area contributed by atoms with Gasteiger partial charge in [0.25, 0.3) is 5.56 Å². The second kappa shape index (κ2) is 5.24. The molecule has 0 amide bonds. The summed E-state index contributed by atoms with van der Waals surface area (Å²) >= 11 is 0. The van der Waals surface area contributed by atoms with Crippen LogP contribution in [0.1, 0.15) is 39.6 Å². The highest BCUT2D eigenvalue weighted by molar-refractivity contribution is 5.71. The minimum Gasteiger partial charge on any atom is -0.324 e. The van der Waals surface area contributed by atoms with Crippen LogP contribution in [0.4, 0.5) is 0 Å². The third-order valence-electron chi connectivity index (χ3n) is 3.47. The summed E-state index contributed by atoms with van der Waals surface area (Å²) in [5.74, 6) is 0.627. The molecule has 2 aromatic rings. The Hall–Kier alpha value is -1.89. The Morgan fingerprint density at radius 2 is 1.75 bits per heavy atom. The number of nitrogens with zero attached hydrogens (tertiary/aromatic N) is 4. The molecule has 2 heterocycles. The van der Waals surface area contributed by atoms with Crippen LogP contribution in [-0.4, -0.2) is 18.7 Å². The maximum absolute atomic E-state index is 12.5. The normalized spacial score (nSPS) is 11.7. The smallest absolute Gasteiger partial charge is 0.324 e. The maximum atomic E-state index is 12.5. The molecule has 7 heteroatoms. The fraction of sp³-hybridized carbons (Fsp3) is 0.615. The summed E-state index contributed by atoms with van der Waals surface area (Å²) in [6, 6.07) is -0.0748. The van der Waals surface area contributed by atoms with Gasteiger partial charge < -0.3 is 10.3 Å². The molecule has 7 nitrogen and oxygen atoms in total. The molecule has 2 N–H and O–H groups in total. The fourth-order valence-electron chi connectivity index (χ4n) is 2.54. The van der Waals surface area contributed by atoms with Gasteiger partial charge in [-0.1, -0.05) is 0 Å². The molecule has 0 aliphatic carbocycles. The first-order valence-corrected chi connectivity index (χ1v) is 6.92. The third-order valence-corrected chi connectivity index (χ3v) is 3.47. The summed E-state index contributed by atoms with van der Waals surface area (Å²) in [5.41, 5.74) is 5.98. The van der Waals surface area contributed by atoms with E-state index >= 15 is 0 Å². The average Bonchev–Trinajstić information content (AvgIpc) is 2.77. The molecular weight excluding hydrogens is 258 g/mol. The van der Waals surface area contributed by atoms with Gasteiger partial charge in [-0.25, -0.2) is 9.78 Å². The highest BCUT2D eigenvalue weighted by Gasteiger charge is 2.20. The van der Waals surface area contributed by atoms with Gasteiger partial charge in [0.2, 0.25) is 0 Å². The minimum atomic E-state index is -0.315. The Balaban J connectivity index is 3.09. The van der Waals surface area contributed by atoms with Crippen molar-refractivity contribution in [1.82, 2.24) is 18.7 Å². The molecule has 0 radical (unpaired) electrons. The van der Waals surface area contributed by atoms with Crippen LogP contribution in [0.2, 0.25) is 0 Å². The molecule has 0 saturated carbocycles. The summed E-state index contributed by atoms with van der Waals surface area (Å²) in [7, 11) is 0. The molecule has 0 unspecified atom stereocenters. The van der Waals surface area contributed by atoms with E-state index in [2.05, 4.69) is 4.98 Å². The summed E-state index contributed by atoms with van der Waals surface area (Å²) < 4.78 is 4.60. The van der Waals surface area contributed by atoms with E-state index in [1.807, 2.05) is 20.8 Å². The monoisotopic (exact) mass is 279 g/mol. The van der Waals surface area contributed by atoms with Crippen LogP contribution in [0.15, 0.2) is 9.59 Å². The zero-order valence-electron chi connectivity index (χ0n) is 12.4. The number of imidazole rings is 1. The van der Waals surface area contributed by atoms with E-state index in [4.69, 9.17) is 5.73 Å². The number of hydrogen-bond acceptors (Lipinski definition) is 4. The van der Waals surface area contributed by atoms with Gasteiger partial charge in [-0.3, -0.25) is 13.9 Å². The Kier molecular flexibility index (Phi) is 3.80. The third kappa shape index (κ3) is 1.89. The van der Waals surface area contributed by atoms with Crippen molar-refractivity contribution < 1.29 is 0 Å². The predicted molar refractivity (Wildman–Crippen MR) is 77.9 cm³/mol. The molecular formula is C13H21N5O2. The van der Waals surface area contributed by atoms with Crippen LogP contribution in [0.25, 0.3) is 11.2 Å². The Labute approximate surface area is 116 Å². The van der Waals surface area contributed by atoms with Crippen molar-refractivity contribution in [1.29, 1.82) is 0 Å². The van der Waals surface area contributed by atoms with Gasteiger partial charge in [-0.2, -0.15) is 0 Å². The molecule has 0 aliphatic heterocycles. The molecule has 2 aromatic heterocycles. The van der Waals surface area contributed by atoms with Crippen molar-refractivity contribution in [3.8, 4) is 0 Å². The van der Waals surface area contributed by atoms with Crippen LogP contribution in [0.5, 0.6) is 0 Å². The predicted octanol–water partition coefficient (Wildman–Crippen LogP) is 0.439. The van der Waals surface area contributed by atoms with Crippen molar-refractivity contribution in [3.63, 3.8) is 0 Å². The number of hydrogen-bond donors (Lipinski definition) is 1. The lowest BCUT2D eigenvalue weighted by Crippen LogP contribution is -2.40. The Morgan fingerprint density at radius 1 is 1.15 bits per heavy atom. The van der Waals surface area contributed by atoms with Gasteiger partial charge >= 0.3 is 5.69 Å². The maximum Gasteiger partial charge on any atom is 0.332 e. The second-order valence-corrected chi connectivity index (χ2v) is 4.94. The van der Waals surface area contributed by atoms with Gasteiger partial charge in [0, 0.05) is 19.1 Å². The van der Waals surface area contributed by atoms with E-state index in [0.29, 0.717) is 30.1 Å². The average molecular weight is 279 g/mol. The van der Waals surface area contributed by atoms with Crippen LogP contribution in [-0.2, 0) is 19.6 Å². The van der Waals surface area contributed by atoms with Gasteiger partial charge in [-0.15, -0.1) is 0 Å². The van der Waals surface area contributed by atoms with E-state index in [0.717, 1.165) is 0 Å². The van der Waals surface area contributed by atoms with Crippen molar-refractivity contribution in [3.05, 3.63) is 26.7 Å². The Bertz CT molecular complexity index is 751. The fourth-order valence-corrected chi connectivity index (χ4v) is 2.54. The number of aryl methyl sites for hydroxylation is 1. The van der Waals surface area contributed by atoms with E-state index in [1.165, 1.54) is 4.57 Å². The van der Waals surface area contributed by atoms with Crippen molar-refractivity contribution in [2.75, 3.05) is 0 Å². The van der Waals surface area contributed by atoms with Crippen molar-refractivity contribution in [2.24, 2.45) is 5.73 Å². The largest absolute Gasteiger partial charge is 0.332 e. The highest BCUT2D eigenvalue weighted by atomic mass is 16.2. The summed E-state index contributed by atoms with van der Waals surface area (Å²) in [6.07, 6.45) is 0. The van der Waals surface area contributed by atoms with Gasteiger partial charge in [0.1, 0.15) is 5.82 Å². The lowest BCUT2D eigenvalue weighted by Gasteiger charge is -2.13. The number of rotatable bonds is 4. The van der Waals surface area contributed by atoms with Gasteiger partial charge in [-0.05, 0) is 27.7 Å². The molecule has 0 atom stereocenters. The SMILES string of the molecule is CCn1c(=O)c2c(nc(CN)n2CC)n(C(C)C)c1=O. The van der Waals surface area contributed by atoms with Crippen LogP contribution in [0, 0.1) is 0 Å². The molecule has 0 aromatic carbocycles. The lowest BCUT2D eigenvalue weighted by molar-refractivity contribution is 0.532. The first kappa shape index (κ1) is 14.5. The van der Waals surface area contributed by atoms with Crippen molar-refractivity contribution in [2.45, 2.75) is 53.4 Å². The molecule has 110 valence electrons. The van der Waals surface area contributed by atoms with Crippen LogP contribution < -0.4 is 17.0 Å². The summed E-state index contributed by atoms with van der Waals surface area (Å²) in [6.45, 7) is 8.69. The second-order valence-electron chi connectivity index (χ2n) is 4.94. The quantitative estimate of drug-likeness (QED) is 0.879. The van der Waals surface area contributed by atoms with E-state index in [1.54, 1.807) is 16.1 Å². The molecule has 0 aliphatic rings. The number of fused-ring (bicyclic) bond motifs is 1. The standard InChI is InChI=1S/C13H21N5O2/c1-5-16-9(7-14)15-11-10(16)12(19)17(6-2)13(20)18(11)8(3)4/h8H,5-7,14H2,1-4H3. The number of aromatic nitrogens is 4. The van der Waals surface area contributed by atoms with E-state index in [-0.39, 0.29) is 23.8 Å². The molecule has 0 spiro atoms. The van der Waals surface area contributed by atoms with Gasteiger partial charge in [0.05, 0.1) is 6.54 Å². The zero-order chi connectivity index (χ0) is 15.0. The van der Waals surface area contributed by atoms with E-state index < -0.39 is 0 Å². The highest BCUT2D eigenvalue weighted by Crippen LogP contribution is 2.14. The summed E-state index contributed by atoms with van der Waals surface area (Å²) in [4.78, 5) is 29.3. The molecule has 0 saturated heterocycles. The van der Waals surface area contributed by atoms with E-state index in [9.17, 15) is 9.59 Å². The minimum absolute atomic E-state index is 0.0748. The molecule has 0 bridgehead atoms. The molecule has 2 rings (SSSR count). The zero-order valence-corrected chi connectivity index (χ0v) is 12.4. The number of nitrogens with two attached hydrogens (primary N) is 1. The van der Waals surface area contributed by atoms with Crippen molar-refractivity contribution >= 4 is 11.2 Å². The van der Waals surface area contributed by atoms with Gasteiger partial charge in [0.15, 0.2) is 11.2 Å².